The summed E-state index contributed by atoms with van der Waals surface area (Å²) in [6.45, 7) is 0.519. The number of thiazole rings is 1. The highest BCUT2D eigenvalue weighted by Crippen LogP contribution is 2.21. The summed E-state index contributed by atoms with van der Waals surface area (Å²) in [6, 6.07) is 4.64. The van der Waals surface area contributed by atoms with Crippen LogP contribution in [0.25, 0.3) is 0 Å². The van der Waals surface area contributed by atoms with Gasteiger partial charge in [-0.2, -0.15) is 0 Å². The maximum atomic E-state index is 12.2. The van der Waals surface area contributed by atoms with E-state index in [0.29, 0.717) is 24.3 Å². The molecule has 0 spiro atoms. The van der Waals surface area contributed by atoms with Crippen LogP contribution in [0, 0.1) is 0 Å². The first kappa shape index (κ1) is 15.9. The lowest BCUT2D eigenvalue weighted by Crippen LogP contribution is -2.26. The predicted molar refractivity (Wildman–Crippen MR) is 81.9 cm³/mol. The number of rotatable bonds is 7. The summed E-state index contributed by atoms with van der Waals surface area (Å²) in [5, 5.41) is 2.76. The van der Waals surface area contributed by atoms with Crippen LogP contribution in [0.5, 0.6) is 5.75 Å². The van der Waals surface area contributed by atoms with E-state index >= 15 is 0 Å². The molecule has 6 nitrogen and oxygen atoms in total. The van der Waals surface area contributed by atoms with Gasteiger partial charge in [0.15, 0.2) is 0 Å². The summed E-state index contributed by atoms with van der Waals surface area (Å²) in [5.74, 6) is 0.583. The molecule has 1 heterocycles. The van der Waals surface area contributed by atoms with Crippen molar-refractivity contribution in [2.75, 3.05) is 13.7 Å². The molecule has 0 saturated heterocycles. The van der Waals surface area contributed by atoms with E-state index in [2.05, 4.69) is 9.71 Å². The summed E-state index contributed by atoms with van der Waals surface area (Å²) in [7, 11) is -2.03. The van der Waals surface area contributed by atoms with E-state index < -0.39 is 10.0 Å². The Hall–Kier alpha value is -1.48. The van der Waals surface area contributed by atoms with Crippen LogP contribution in [-0.4, -0.2) is 27.1 Å². The van der Waals surface area contributed by atoms with Gasteiger partial charge in [0.05, 0.1) is 17.0 Å². The van der Waals surface area contributed by atoms with Crippen molar-refractivity contribution >= 4 is 21.4 Å². The molecule has 1 aromatic carbocycles. The molecule has 2 aromatic rings. The van der Waals surface area contributed by atoms with E-state index in [1.165, 1.54) is 30.6 Å². The number of nitrogens with zero attached hydrogens (tertiary/aromatic N) is 1. The van der Waals surface area contributed by atoms with Gasteiger partial charge in [0.1, 0.15) is 5.75 Å². The van der Waals surface area contributed by atoms with Crippen LogP contribution >= 0.6 is 11.3 Å². The summed E-state index contributed by atoms with van der Waals surface area (Å²) >= 11 is 1.50. The Morgan fingerprint density at radius 2 is 2.24 bits per heavy atom. The van der Waals surface area contributed by atoms with Gasteiger partial charge in [-0.25, -0.2) is 18.1 Å². The Bertz CT molecular complexity index is 685. The van der Waals surface area contributed by atoms with Gasteiger partial charge in [0.25, 0.3) is 0 Å². The molecule has 0 aliphatic rings. The molecule has 0 saturated carbocycles. The third-order valence-electron chi connectivity index (χ3n) is 2.90. The Balaban J connectivity index is 2.08. The third kappa shape index (κ3) is 4.01. The zero-order valence-electron chi connectivity index (χ0n) is 11.6. The molecule has 1 aromatic heterocycles. The van der Waals surface area contributed by atoms with Gasteiger partial charge in [0, 0.05) is 36.7 Å². The van der Waals surface area contributed by atoms with Crippen molar-refractivity contribution in [3.05, 3.63) is 40.3 Å². The number of nitrogens with one attached hydrogen (secondary N) is 1. The zero-order valence-corrected chi connectivity index (χ0v) is 13.2. The summed E-state index contributed by atoms with van der Waals surface area (Å²) in [4.78, 5) is 4.29. The number of hydrogen-bond acceptors (Lipinski definition) is 6. The minimum Gasteiger partial charge on any atom is -0.496 e. The van der Waals surface area contributed by atoms with E-state index in [4.69, 9.17) is 10.5 Å². The van der Waals surface area contributed by atoms with Gasteiger partial charge in [-0.1, -0.05) is 0 Å². The van der Waals surface area contributed by atoms with E-state index in [9.17, 15) is 8.42 Å². The highest BCUT2D eigenvalue weighted by atomic mass is 32.2. The molecule has 0 aliphatic carbocycles. The molecule has 0 unspecified atom stereocenters. The molecule has 0 atom stereocenters. The quantitative estimate of drug-likeness (QED) is 0.795. The molecule has 21 heavy (non-hydrogen) atoms. The average molecular weight is 327 g/mol. The number of methoxy groups -OCH3 is 1. The lowest BCUT2D eigenvalue weighted by atomic mass is 10.2. The molecule has 0 fully saturated rings. The molecular formula is C13H17N3O3S2. The Kier molecular flexibility index (Phi) is 5.29. The van der Waals surface area contributed by atoms with Crippen molar-refractivity contribution in [1.29, 1.82) is 0 Å². The maximum Gasteiger partial charge on any atom is 0.240 e. The van der Waals surface area contributed by atoms with Gasteiger partial charge in [-0.05, 0) is 18.2 Å². The van der Waals surface area contributed by atoms with Gasteiger partial charge in [0.2, 0.25) is 10.0 Å². The second-order valence-corrected chi connectivity index (χ2v) is 7.00. The van der Waals surface area contributed by atoms with Crippen molar-refractivity contribution in [2.45, 2.75) is 17.9 Å². The molecule has 0 aliphatic heterocycles. The van der Waals surface area contributed by atoms with Crippen LogP contribution in [0.4, 0.5) is 0 Å². The minimum atomic E-state index is -3.56. The van der Waals surface area contributed by atoms with Crippen LogP contribution in [0.1, 0.15) is 10.6 Å². The third-order valence-corrected chi connectivity index (χ3v) is 5.19. The maximum absolute atomic E-state index is 12.2. The summed E-state index contributed by atoms with van der Waals surface area (Å²) in [5.41, 5.74) is 6.25. The van der Waals surface area contributed by atoms with E-state index in [0.717, 1.165) is 5.01 Å². The lowest BCUT2D eigenvalue weighted by molar-refractivity contribution is 0.409. The molecular weight excluding hydrogens is 310 g/mol. The standard InChI is InChI=1S/C13H17N3O3S2/c1-19-12-3-2-11(8-10(12)9-14)21(17,18)16-5-4-13-15-6-7-20-13/h2-3,6-8,16H,4-5,9,14H2,1H3. The summed E-state index contributed by atoms with van der Waals surface area (Å²) in [6.07, 6.45) is 2.27. The van der Waals surface area contributed by atoms with E-state index in [1.54, 1.807) is 12.3 Å². The minimum absolute atomic E-state index is 0.183. The number of sulfonamides is 1. The fourth-order valence-corrected chi connectivity index (χ4v) is 3.54. The Morgan fingerprint density at radius 1 is 1.43 bits per heavy atom. The first-order chi connectivity index (χ1) is 10.1. The molecule has 8 heteroatoms. The van der Waals surface area contributed by atoms with Crippen LogP contribution in [-0.2, 0) is 23.0 Å². The highest BCUT2D eigenvalue weighted by molar-refractivity contribution is 7.89. The molecule has 0 radical (unpaired) electrons. The largest absolute Gasteiger partial charge is 0.496 e. The number of hydrogen-bond donors (Lipinski definition) is 2. The fraction of sp³-hybridized carbons (Fsp3) is 0.308. The van der Waals surface area contributed by atoms with Crippen molar-refractivity contribution in [2.24, 2.45) is 5.73 Å². The summed E-state index contributed by atoms with van der Waals surface area (Å²) < 4.78 is 32.1. The average Bonchev–Trinajstić information content (AvgIpc) is 2.99. The van der Waals surface area contributed by atoms with Gasteiger partial charge < -0.3 is 10.5 Å². The lowest BCUT2D eigenvalue weighted by Gasteiger charge is -2.10. The van der Waals surface area contributed by atoms with E-state index in [-0.39, 0.29) is 11.4 Å². The van der Waals surface area contributed by atoms with E-state index in [1.807, 2.05) is 5.38 Å². The number of aromatic nitrogens is 1. The predicted octanol–water partition coefficient (Wildman–Crippen LogP) is 1.13. The Labute approximate surface area is 128 Å². The second kappa shape index (κ2) is 6.99. The van der Waals surface area contributed by atoms with Crippen molar-refractivity contribution in [1.82, 2.24) is 9.71 Å². The molecule has 0 bridgehead atoms. The van der Waals surface area contributed by atoms with Crippen molar-refractivity contribution < 1.29 is 13.2 Å². The molecule has 3 N–H and O–H groups in total. The first-order valence-electron chi connectivity index (χ1n) is 6.32. The first-order valence-corrected chi connectivity index (χ1v) is 8.68. The molecule has 0 amide bonds. The van der Waals surface area contributed by atoms with Crippen molar-refractivity contribution in [3.63, 3.8) is 0 Å². The SMILES string of the molecule is COc1ccc(S(=O)(=O)NCCc2nccs2)cc1CN. The fourth-order valence-electron chi connectivity index (χ4n) is 1.83. The molecule has 114 valence electrons. The van der Waals surface area contributed by atoms with Gasteiger partial charge in [-0.3, -0.25) is 0 Å². The smallest absolute Gasteiger partial charge is 0.240 e. The van der Waals surface area contributed by atoms with Crippen LogP contribution in [0.2, 0.25) is 0 Å². The van der Waals surface area contributed by atoms with Crippen LogP contribution < -0.4 is 15.2 Å². The Morgan fingerprint density at radius 3 is 2.86 bits per heavy atom. The number of nitrogens with two attached hydrogens (primary N) is 1. The number of ether oxygens (including phenoxy) is 1. The normalized spacial score (nSPS) is 11.5. The van der Waals surface area contributed by atoms with Gasteiger partial charge in [-0.15, -0.1) is 11.3 Å². The van der Waals surface area contributed by atoms with Crippen LogP contribution in [0.15, 0.2) is 34.7 Å². The number of benzene rings is 1. The molecule has 2 rings (SSSR count). The van der Waals surface area contributed by atoms with Crippen molar-refractivity contribution in [3.8, 4) is 5.75 Å². The van der Waals surface area contributed by atoms with Gasteiger partial charge >= 0.3 is 0 Å². The topological polar surface area (TPSA) is 94.3 Å². The van der Waals surface area contributed by atoms with Crippen LogP contribution in [0.3, 0.4) is 0 Å². The monoisotopic (exact) mass is 327 g/mol. The highest BCUT2D eigenvalue weighted by Gasteiger charge is 2.15. The second-order valence-electron chi connectivity index (χ2n) is 4.25. The zero-order chi connectivity index (χ0) is 15.3.